The van der Waals surface area contributed by atoms with Crippen LogP contribution in [-0.2, 0) is 11.3 Å². The second kappa shape index (κ2) is 7.17. The van der Waals surface area contributed by atoms with Crippen molar-refractivity contribution in [2.24, 2.45) is 0 Å². The van der Waals surface area contributed by atoms with Crippen LogP contribution < -0.4 is 9.47 Å². The van der Waals surface area contributed by atoms with Crippen molar-refractivity contribution < 1.29 is 9.36 Å². The maximum Gasteiger partial charge on any atom is 0.229 e. The maximum absolute atomic E-state index is 12.3. The number of pyridine rings is 1. The van der Waals surface area contributed by atoms with E-state index in [9.17, 15) is 4.79 Å². The van der Waals surface area contributed by atoms with Gasteiger partial charge >= 0.3 is 0 Å². The Morgan fingerprint density at radius 2 is 1.78 bits per heavy atom. The smallest absolute Gasteiger partial charge is 0.229 e. The van der Waals surface area contributed by atoms with Crippen molar-refractivity contribution >= 4 is 11.9 Å². The summed E-state index contributed by atoms with van der Waals surface area (Å²) in [5.74, 6) is 0.960. The molecule has 6 nitrogen and oxygen atoms in total. The van der Waals surface area contributed by atoms with Crippen LogP contribution in [0, 0.1) is 6.92 Å². The minimum absolute atomic E-state index is 0.215. The van der Waals surface area contributed by atoms with Gasteiger partial charge in [0.15, 0.2) is 18.9 Å². The first-order valence-corrected chi connectivity index (χ1v) is 7.98. The van der Waals surface area contributed by atoms with E-state index in [0.29, 0.717) is 6.42 Å². The molecule has 0 bridgehead atoms. The van der Waals surface area contributed by atoms with Gasteiger partial charge in [-0.15, -0.1) is 0 Å². The number of carbonyl (C=O) groups is 1. The van der Waals surface area contributed by atoms with Gasteiger partial charge in [0.1, 0.15) is 0 Å². The molecule has 120 valence electrons. The molecule has 1 saturated heterocycles. The first-order chi connectivity index (χ1) is 11.2. The van der Waals surface area contributed by atoms with E-state index in [-0.39, 0.29) is 5.91 Å². The van der Waals surface area contributed by atoms with Crippen LogP contribution in [-0.4, -0.2) is 47.0 Å². The fraction of sp³-hybridized carbons (Fsp3) is 0.412. The van der Waals surface area contributed by atoms with E-state index in [1.165, 1.54) is 5.56 Å². The van der Waals surface area contributed by atoms with Gasteiger partial charge in [-0.2, -0.15) is 0 Å². The Balaban J connectivity index is 1.47. The Morgan fingerprint density at radius 1 is 1.13 bits per heavy atom. The Bertz CT molecular complexity index is 636. The number of anilines is 1. The van der Waals surface area contributed by atoms with E-state index in [1.54, 1.807) is 12.4 Å². The lowest BCUT2D eigenvalue weighted by molar-refractivity contribution is -0.696. The summed E-state index contributed by atoms with van der Waals surface area (Å²) in [5, 5.41) is 0. The third-order valence-electron chi connectivity index (χ3n) is 4.11. The van der Waals surface area contributed by atoms with Gasteiger partial charge < -0.3 is 9.80 Å². The molecular weight excluding hydrogens is 290 g/mol. The van der Waals surface area contributed by atoms with Gasteiger partial charge in [-0.1, -0.05) is 0 Å². The zero-order chi connectivity index (χ0) is 16.1. The predicted molar refractivity (Wildman–Crippen MR) is 86.8 cm³/mol. The molecule has 0 N–H and O–H groups in total. The third-order valence-corrected chi connectivity index (χ3v) is 4.11. The number of piperazine rings is 1. The van der Waals surface area contributed by atoms with E-state index in [1.807, 2.05) is 23.4 Å². The summed E-state index contributed by atoms with van der Waals surface area (Å²) in [6.45, 7) is 5.82. The summed E-state index contributed by atoms with van der Waals surface area (Å²) in [7, 11) is 0. The molecule has 3 rings (SSSR count). The standard InChI is InChI=1S/C17H22N5O/c1-15-3-8-20(9-4-15)10-5-16(23)21-11-13-22(14-12-21)17-18-6-2-7-19-17/h2-4,6-9H,5,10-14H2,1H3/q+1. The topological polar surface area (TPSA) is 53.2 Å². The van der Waals surface area contributed by atoms with Gasteiger partial charge in [0, 0.05) is 50.7 Å². The molecule has 1 fully saturated rings. The molecule has 23 heavy (non-hydrogen) atoms. The van der Waals surface area contributed by atoms with Crippen molar-refractivity contribution in [1.29, 1.82) is 0 Å². The molecule has 1 aliphatic rings. The molecule has 0 atom stereocenters. The summed E-state index contributed by atoms with van der Waals surface area (Å²) >= 11 is 0. The minimum atomic E-state index is 0.215. The summed E-state index contributed by atoms with van der Waals surface area (Å²) in [5.41, 5.74) is 1.23. The van der Waals surface area contributed by atoms with Crippen LogP contribution >= 0.6 is 0 Å². The monoisotopic (exact) mass is 312 g/mol. The Kier molecular flexibility index (Phi) is 4.80. The molecule has 1 amide bonds. The molecule has 0 radical (unpaired) electrons. The predicted octanol–water partition coefficient (Wildman–Crippen LogP) is 0.811. The van der Waals surface area contributed by atoms with Crippen LogP contribution in [0.15, 0.2) is 43.0 Å². The fourth-order valence-electron chi connectivity index (χ4n) is 2.67. The third kappa shape index (κ3) is 4.03. The van der Waals surface area contributed by atoms with Crippen LogP contribution in [0.5, 0.6) is 0 Å². The van der Waals surface area contributed by atoms with E-state index in [4.69, 9.17) is 0 Å². The van der Waals surface area contributed by atoms with Crippen LogP contribution in [0.2, 0.25) is 0 Å². The van der Waals surface area contributed by atoms with Gasteiger partial charge in [0.25, 0.3) is 0 Å². The number of aromatic nitrogens is 3. The molecule has 2 aromatic heterocycles. The van der Waals surface area contributed by atoms with Crippen LogP contribution in [0.3, 0.4) is 0 Å². The molecule has 3 heterocycles. The van der Waals surface area contributed by atoms with Crippen molar-refractivity contribution in [3.63, 3.8) is 0 Å². The Labute approximate surface area is 136 Å². The van der Waals surface area contributed by atoms with Crippen molar-refractivity contribution in [3.05, 3.63) is 48.5 Å². The van der Waals surface area contributed by atoms with Crippen LogP contribution in [0.1, 0.15) is 12.0 Å². The molecule has 0 spiro atoms. The van der Waals surface area contributed by atoms with Gasteiger partial charge in [0.2, 0.25) is 11.9 Å². The first kappa shape index (κ1) is 15.4. The molecule has 0 unspecified atom stereocenters. The number of amides is 1. The Morgan fingerprint density at radius 3 is 2.43 bits per heavy atom. The van der Waals surface area contributed by atoms with Gasteiger partial charge in [-0.05, 0) is 18.6 Å². The highest BCUT2D eigenvalue weighted by Crippen LogP contribution is 2.10. The Hall–Kier alpha value is -2.50. The van der Waals surface area contributed by atoms with Crippen molar-refractivity contribution in [2.75, 3.05) is 31.1 Å². The fourth-order valence-corrected chi connectivity index (χ4v) is 2.67. The SMILES string of the molecule is Cc1cc[n+](CCC(=O)N2CCN(c3ncccn3)CC2)cc1. The number of hydrogen-bond donors (Lipinski definition) is 0. The van der Waals surface area contributed by atoms with E-state index in [0.717, 1.165) is 38.7 Å². The minimum Gasteiger partial charge on any atom is -0.339 e. The summed E-state index contributed by atoms with van der Waals surface area (Å²) < 4.78 is 2.05. The lowest BCUT2D eigenvalue weighted by Crippen LogP contribution is -2.50. The summed E-state index contributed by atoms with van der Waals surface area (Å²) in [6, 6.07) is 5.93. The molecule has 0 aromatic carbocycles. The molecule has 6 heteroatoms. The zero-order valence-corrected chi connectivity index (χ0v) is 13.4. The molecule has 2 aromatic rings. The number of nitrogens with zero attached hydrogens (tertiary/aromatic N) is 5. The quantitative estimate of drug-likeness (QED) is 0.784. The number of carbonyl (C=O) groups excluding carboxylic acids is 1. The summed E-state index contributed by atoms with van der Waals surface area (Å²) in [4.78, 5) is 24.9. The first-order valence-electron chi connectivity index (χ1n) is 7.98. The lowest BCUT2D eigenvalue weighted by Gasteiger charge is -2.34. The lowest BCUT2D eigenvalue weighted by atomic mass is 10.2. The van der Waals surface area contributed by atoms with Gasteiger partial charge in [-0.25, -0.2) is 14.5 Å². The maximum atomic E-state index is 12.3. The largest absolute Gasteiger partial charge is 0.339 e. The molecule has 0 aliphatic carbocycles. The van der Waals surface area contributed by atoms with Crippen molar-refractivity contribution in [2.45, 2.75) is 19.9 Å². The number of hydrogen-bond acceptors (Lipinski definition) is 4. The van der Waals surface area contributed by atoms with Crippen molar-refractivity contribution in [3.8, 4) is 0 Å². The van der Waals surface area contributed by atoms with Crippen molar-refractivity contribution in [1.82, 2.24) is 14.9 Å². The summed E-state index contributed by atoms with van der Waals surface area (Å²) in [6.07, 6.45) is 8.08. The highest BCUT2D eigenvalue weighted by Gasteiger charge is 2.22. The molecule has 1 aliphatic heterocycles. The second-order valence-corrected chi connectivity index (χ2v) is 5.78. The van der Waals surface area contributed by atoms with E-state index < -0.39 is 0 Å². The van der Waals surface area contributed by atoms with Crippen LogP contribution in [0.25, 0.3) is 0 Å². The second-order valence-electron chi connectivity index (χ2n) is 5.78. The van der Waals surface area contributed by atoms with E-state index >= 15 is 0 Å². The van der Waals surface area contributed by atoms with Crippen LogP contribution in [0.4, 0.5) is 5.95 Å². The van der Waals surface area contributed by atoms with Gasteiger partial charge in [-0.3, -0.25) is 4.79 Å². The highest BCUT2D eigenvalue weighted by atomic mass is 16.2. The van der Waals surface area contributed by atoms with Gasteiger partial charge in [0.05, 0.1) is 6.42 Å². The number of rotatable bonds is 4. The average Bonchev–Trinajstić information content (AvgIpc) is 2.62. The molecule has 0 saturated carbocycles. The highest BCUT2D eigenvalue weighted by molar-refractivity contribution is 5.76. The van der Waals surface area contributed by atoms with E-state index in [2.05, 4.69) is 38.5 Å². The molecular formula is C17H22N5O+. The normalized spacial score (nSPS) is 14.8. The average molecular weight is 312 g/mol. The zero-order valence-electron chi connectivity index (χ0n) is 13.4. The number of aryl methyl sites for hydroxylation is 2.